The molecule has 2 rings (SSSR count). The van der Waals surface area contributed by atoms with E-state index in [1.165, 1.54) is 0 Å². The molecule has 1 aromatic carbocycles. The van der Waals surface area contributed by atoms with Crippen molar-refractivity contribution in [3.8, 4) is 6.07 Å². The Balaban J connectivity index is 2.39. The van der Waals surface area contributed by atoms with Gasteiger partial charge in [-0.3, -0.25) is 15.9 Å². The van der Waals surface area contributed by atoms with E-state index < -0.39 is 0 Å². The number of nitrogens with one attached hydrogen (secondary N) is 3. The van der Waals surface area contributed by atoms with Crippen molar-refractivity contribution in [2.45, 2.75) is 0 Å². The highest BCUT2D eigenvalue weighted by molar-refractivity contribution is 9.10. The highest BCUT2D eigenvalue weighted by Gasteiger charge is 2.07. The summed E-state index contributed by atoms with van der Waals surface area (Å²) in [5.41, 5.74) is 8.97. The maximum Gasteiger partial charge on any atom is 0.201 e. The summed E-state index contributed by atoms with van der Waals surface area (Å²) in [5.74, 6) is -0.389. The van der Waals surface area contributed by atoms with E-state index in [0.717, 1.165) is 9.99 Å². The number of anilines is 1. The number of fused-ring (bicyclic) bond motifs is 1. The smallest absolute Gasteiger partial charge is 0.201 e. The monoisotopic (exact) mass is 305 g/mol. The van der Waals surface area contributed by atoms with Crippen molar-refractivity contribution >= 4 is 44.1 Å². The van der Waals surface area contributed by atoms with Gasteiger partial charge in [0.15, 0.2) is 5.84 Å². The van der Waals surface area contributed by atoms with Gasteiger partial charge < -0.3 is 5.73 Å². The fourth-order valence-corrected chi connectivity index (χ4v) is 1.77. The summed E-state index contributed by atoms with van der Waals surface area (Å²) in [6.45, 7) is 0. The summed E-state index contributed by atoms with van der Waals surface area (Å²) in [4.78, 5) is 0. The minimum Gasteiger partial charge on any atom is -0.382 e. The van der Waals surface area contributed by atoms with Crippen LogP contribution in [0, 0.1) is 16.7 Å². The number of halogens is 1. The largest absolute Gasteiger partial charge is 0.382 e. The lowest BCUT2D eigenvalue weighted by Crippen LogP contribution is -2.21. The molecule has 5 N–H and O–H groups in total. The minimum absolute atomic E-state index is 0.179. The predicted molar refractivity (Wildman–Crippen MR) is 72.4 cm³/mol. The van der Waals surface area contributed by atoms with Gasteiger partial charge in [0.2, 0.25) is 5.71 Å². The second-order valence-corrected chi connectivity index (χ2v) is 4.13. The Kier molecular flexibility index (Phi) is 3.25. The second-order valence-electron chi connectivity index (χ2n) is 3.34. The molecular formula is C10H8BrN7. The molecule has 0 fully saturated rings. The van der Waals surface area contributed by atoms with Crippen LogP contribution in [0.25, 0.3) is 10.9 Å². The van der Waals surface area contributed by atoms with Crippen LogP contribution in [0.15, 0.2) is 27.9 Å². The van der Waals surface area contributed by atoms with Crippen molar-refractivity contribution in [1.29, 1.82) is 10.7 Å². The molecule has 0 aliphatic carbocycles. The van der Waals surface area contributed by atoms with Crippen molar-refractivity contribution < 1.29 is 0 Å². The van der Waals surface area contributed by atoms with E-state index in [0.29, 0.717) is 11.2 Å². The lowest BCUT2D eigenvalue weighted by atomic mass is 10.2. The molecule has 8 heteroatoms. The number of nitriles is 1. The molecule has 0 bridgehead atoms. The first-order valence-corrected chi connectivity index (χ1v) is 5.63. The van der Waals surface area contributed by atoms with Gasteiger partial charge in [-0.1, -0.05) is 6.07 Å². The molecule has 0 radical (unpaired) electrons. The first kappa shape index (κ1) is 12.1. The Morgan fingerprint density at radius 3 is 3.06 bits per heavy atom. The van der Waals surface area contributed by atoms with E-state index in [-0.39, 0.29) is 11.5 Å². The minimum atomic E-state index is -0.389. The Bertz CT molecular complexity index is 679. The van der Waals surface area contributed by atoms with E-state index in [1.807, 2.05) is 12.1 Å². The number of aromatic nitrogens is 2. The number of H-pyrrole nitrogens is 1. The number of hydrogen-bond acceptors (Lipinski definition) is 5. The third kappa shape index (κ3) is 2.16. The maximum atomic E-state index is 8.72. The fourth-order valence-electron chi connectivity index (χ4n) is 1.36. The quantitative estimate of drug-likeness (QED) is 0.390. The summed E-state index contributed by atoms with van der Waals surface area (Å²) < 4.78 is 0.761. The lowest BCUT2D eigenvalue weighted by molar-refractivity contribution is 1.09. The van der Waals surface area contributed by atoms with Crippen LogP contribution in [-0.4, -0.2) is 21.7 Å². The van der Waals surface area contributed by atoms with E-state index in [1.54, 1.807) is 12.1 Å². The van der Waals surface area contributed by atoms with Crippen LogP contribution in [0.3, 0.4) is 0 Å². The summed E-state index contributed by atoms with van der Waals surface area (Å²) in [7, 11) is 0. The number of nitrogens with zero attached hydrogens (tertiary/aromatic N) is 3. The Hall–Kier alpha value is -2.40. The number of hydrazone groups is 1. The van der Waals surface area contributed by atoms with E-state index >= 15 is 0 Å². The first-order valence-electron chi connectivity index (χ1n) is 4.84. The summed E-state index contributed by atoms with van der Waals surface area (Å²) in [5, 5.41) is 27.4. The van der Waals surface area contributed by atoms with Gasteiger partial charge in [-0.05, 0) is 28.1 Å². The number of aromatic amines is 1. The summed E-state index contributed by atoms with van der Waals surface area (Å²) >= 11 is 3.33. The lowest BCUT2D eigenvalue weighted by Gasteiger charge is -2.01. The van der Waals surface area contributed by atoms with Crippen molar-refractivity contribution in [3.05, 3.63) is 22.8 Å². The van der Waals surface area contributed by atoms with Crippen LogP contribution in [0.2, 0.25) is 0 Å². The van der Waals surface area contributed by atoms with Gasteiger partial charge in [-0.25, -0.2) is 0 Å². The summed E-state index contributed by atoms with van der Waals surface area (Å²) in [6.07, 6.45) is 0. The van der Waals surface area contributed by atoms with Crippen molar-refractivity contribution in [3.63, 3.8) is 0 Å². The molecule has 0 atom stereocenters. The van der Waals surface area contributed by atoms with Crippen molar-refractivity contribution in [1.82, 2.24) is 10.2 Å². The zero-order valence-corrected chi connectivity index (χ0v) is 10.6. The third-order valence-electron chi connectivity index (χ3n) is 2.19. The predicted octanol–water partition coefficient (Wildman–Crippen LogP) is 1.55. The van der Waals surface area contributed by atoms with Crippen LogP contribution in [-0.2, 0) is 0 Å². The number of hydrogen-bond donors (Lipinski definition) is 4. The standard InChI is InChI=1S/C10H8BrN7/c11-9-5-2-1-3-6(8(5)17-18-9)15-16-7(4-12)10(13)14/h1-3,15H,(H3,13,14)(H,17,18)/b16-7+. The molecule has 90 valence electrons. The first-order chi connectivity index (χ1) is 8.63. The molecule has 0 spiro atoms. The zero-order chi connectivity index (χ0) is 13.1. The second kappa shape index (κ2) is 4.85. The number of amidine groups is 1. The van der Waals surface area contributed by atoms with E-state index in [2.05, 4.69) is 36.7 Å². The molecule has 0 amide bonds. The number of rotatable bonds is 3. The molecular weight excluding hydrogens is 298 g/mol. The average molecular weight is 306 g/mol. The van der Waals surface area contributed by atoms with Crippen LogP contribution >= 0.6 is 15.9 Å². The number of benzene rings is 1. The normalized spacial score (nSPS) is 11.2. The maximum absolute atomic E-state index is 8.72. The van der Waals surface area contributed by atoms with Gasteiger partial charge in [0, 0.05) is 5.39 Å². The van der Waals surface area contributed by atoms with Crippen molar-refractivity contribution in [2.24, 2.45) is 10.8 Å². The Morgan fingerprint density at radius 1 is 1.61 bits per heavy atom. The molecule has 2 aromatic rings. The molecule has 1 heterocycles. The fraction of sp³-hybridized carbons (Fsp3) is 0. The topological polar surface area (TPSA) is 127 Å². The molecule has 0 aliphatic rings. The van der Waals surface area contributed by atoms with Crippen LogP contribution < -0.4 is 11.2 Å². The van der Waals surface area contributed by atoms with Crippen LogP contribution in [0.5, 0.6) is 0 Å². The van der Waals surface area contributed by atoms with Crippen LogP contribution in [0.1, 0.15) is 0 Å². The van der Waals surface area contributed by atoms with Crippen molar-refractivity contribution in [2.75, 3.05) is 5.43 Å². The van der Waals surface area contributed by atoms with Gasteiger partial charge in [0.25, 0.3) is 0 Å². The molecule has 1 aromatic heterocycles. The van der Waals surface area contributed by atoms with Gasteiger partial charge in [0.1, 0.15) is 16.2 Å². The third-order valence-corrected chi connectivity index (χ3v) is 2.79. The highest BCUT2D eigenvalue weighted by Crippen LogP contribution is 2.26. The molecule has 0 aliphatic heterocycles. The Labute approximate surface area is 110 Å². The number of para-hydroxylation sites is 1. The molecule has 0 unspecified atom stereocenters. The Morgan fingerprint density at radius 2 is 2.39 bits per heavy atom. The SMILES string of the molecule is N#C/C(=N\Nc1cccc2c(Br)[nH]nc12)C(=N)N. The molecule has 7 nitrogen and oxygen atoms in total. The van der Waals surface area contributed by atoms with Gasteiger partial charge in [-0.2, -0.15) is 15.5 Å². The highest BCUT2D eigenvalue weighted by atomic mass is 79.9. The molecule has 0 saturated carbocycles. The van der Waals surface area contributed by atoms with E-state index in [4.69, 9.17) is 16.4 Å². The zero-order valence-electron chi connectivity index (χ0n) is 9.03. The van der Waals surface area contributed by atoms with Gasteiger partial charge >= 0.3 is 0 Å². The van der Waals surface area contributed by atoms with Gasteiger partial charge in [0.05, 0.1) is 5.69 Å². The average Bonchev–Trinajstić information content (AvgIpc) is 2.73. The molecule has 0 saturated heterocycles. The molecule has 18 heavy (non-hydrogen) atoms. The summed E-state index contributed by atoms with van der Waals surface area (Å²) in [6, 6.07) is 7.19. The van der Waals surface area contributed by atoms with Gasteiger partial charge in [-0.15, -0.1) is 0 Å². The number of nitrogens with two attached hydrogens (primary N) is 1. The van der Waals surface area contributed by atoms with Crippen LogP contribution in [0.4, 0.5) is 5.69 Å². The van der Waals surface area contributed by atoms with E-state index in [9.17, 15) is 0 Å².